The van der Waals surface area contributed by atoms with Gasteiger partial charge in [0, 0.05) is 77.6 Å². The summed E-state index contributed by atoms with van der Waals surface area (Å²) in [4.78, 5) is 65.3. The summed E-state index contributed by atoms with van der Waals surface area (Å²) >= 11 is 28.8. The molecule has 0 atom stereocenters. The second-order valence-corrected chi connectivity index (χ2v) is 19.9. The van der Waals surface area contributed by atoms with Gasteiger partial charge < -0.3 is 4.90 Å². The number of aryl methyl sites for hydroxylation is 3. The van der Waals surface area contributed by atoms with Gasteiger partial charge in [-0.15, -0.1) is 5.10 Å². The van der Waals surface area contributed by atoms with Gasteiger partial charge in [0.25, 0.3) is 16.9 Å². The second kappa shape index (κ2) is 40.8. The zero-order valence-electron chi connectivity index (χ0n) is 47.4. The van der Waals surface area contributed by atoms with Gasteiger partial charge in [-0.2, -0.15) is 39.5 Å². The van der Waals surface area contributed by atoms with Crippen molar-refractivity contribution in [1.82, 2.24) is 24.8 Å². The molecular formula is C57H67Cl5F13N7O8. The number of non-ortho nitro benzene ring substituents is 2. The monoisotopic (exact) mass is 1400 g/mol. The minimum atomic E-state index is -5.18. The van der Waals surface area contributed by atoms with Crippen molar-refractivity contribution in [2.24, 2.45) is 13.0 Å². The number of nitro groups is 2. The maximum absolute atomic E-state index is 12.7. The SMILES string of the molecule is C.C.C.CC(C(F)(F)F)C(F)(F)F.CCC(F)(F)F.CN1C(=O)CCC1=O.CN1CCCC1=O.Cc1c(C)c(F)c(F)c(F)c1F.Cc1c(Cl)c(Cl)c(Cl)c(Cl)c1Cl.Cc1ccc([N+](=O)[O-])cc1.Cc1cccc([N+](=O)[O-])c1.Cn1nnc2ccccc2c1=O. The summed E-state index contributed by atoms with van der Waals surface area (Å²) in [7, 11) is 4.94. The van der Waals surface area contributed by atoms with Gasteiger partial charge in [0.05, 0.1) is 40.3 Å². The standard InChI is InChI=1S/C8H6F4.C8H7N3O.C7H3Cl5.2C7H7NO2.C5H7NO2.C5H9NO.C4H4F6.C3H5F3.3CH4/c1-3-4(2)6(10)8(12)7(11)5(3)9;1-11-8(12)6-4-2-3-5-7(6)9-10-11;1-2-3(8)5(10)7(12)6(11)4(2)9;1-6-2-4-7(5-3-6)8(9)10;1-6-3-2-4-7(5-6)8(9)10;1-6-4(7)2-3-5(6)8;1-6-4-2-3-5(6)7;1-2(3(5,6)7)4(8,9)10;1-2-3(4,5)6;;;/h1-2H3;2-5H,1H3;1H3;2*2-5H,1H3;2-3H2,1H3;2-4H2,1H3;2H,1H3;2H2,1H3;3*1H4. The van der Waals surface area contributed by atoms with Crippen molar-refractivity contribution in [3.8, 4) is 0 Å². The first-order chi connectivity index (χ1) is 39.8. The van der Waals surface area contributed by atoms with Crippen molar-refractivity contribution in [3.63, 3.8) is 0 Å². The summed E-state index contributed by atoms with van der Waals surface area (Å²) < 4.78 is 151. The molecule has 0 radical (unpaired) electrons. The number of aromatic nitrogens is 3. The maximum atomic E-state index is 12.7. The molecule has 2 saturated heterocycles. The lowest BCUT2D eigenvalue weighted by Crippen LogP contribution is -2.33. The molecule has 2 aliphatic rings. The van der Waals surface area contributed by atoms with Gasteiger partial charge in [-0.1, -0.05) is 134 Å². The molecule has 0 spiro atoms. The molecule has 3 amide bonds. The second-order valence-electron chi connectivity index (χ2n) is 18.0. The number of rotatable bonds is 2. The average molecular weight is 1400 g/mol. The van der Waals surface area contributed by atoms with E-state index in [-0.39, 0.29) is 84.1 Å². The number of imide groups is 1. The lowest BCUT2D eigenvalue weighted by Gasteiger charge is -2.17. The predicted octanol–water partition coefficient (Wildman–Crippen LogP) is 18.9. The Balaban J connectivity index is -0.000000464. The van der Waals surface area contributed by atoms with Crippen LogP contribution in [0.15, 0.2) is 77.6 Å². The van der Waals surface area contributed by atoms with E-state index in [2.05, 4.69) is 10.3 Å². The summed E-state index contributed by atoms with van der Waals surface area (Å²) in [6.07, 6.45) is -12.4. The van der Waals surface area contributed by atoms with Crippen LogP contribution in [0.5, 0.6) is 0 Å². The number of amides is 3. The van der Waals surface area contributed by atoms with E-state index in [1.807, 2.05) is 39.1 Å². The van der Waals surface area contributed by atoms with Crippen molar-refractivity contribution in [1.29, 1.82) is 0 Å². The van der Waals surface area contributed by atoms with Crippen molar-refractivity contribution >= 4 is 98.0 Å². The van der Waals surface area contributed by atoms with Gasteiger partial charge in [0.15, 0.2) is 23.3 Å². The van der Waals surface area contributed by atoms with Crippen LogP contribution < -0.4 is 5.56 Å². The Labute approximate surface area is 536 Å². The molecule has 33 heteroatoms. The molecule has 6 aromatic rings. The van der Waals surface area contributed by atoms with Gasteiger partial charge in [-0.3, -0.25) is 44.3 Å². The number of nitrogens with zero attached hydrogens (tertiary/aromatic N) is 7. The first kappa shape index (κ1) is 89.5. The van der Waals surface area contributed by atoms with Crippen LogP contribution in [0, 0.1) is 84.0 Å². The summed E-state index contributed by atoms with van der Waals surface area (Å²) in [5, 5.41) is 29.8. The third-order valence-corrected chi connectivity index (χ3v) is 13.9. The Morgan fingerprint density at radius 1 is 0.556 bits per heavy atom. The Hall–Kier alpha value is -6.88. The van der Waals surface area contributed by atoms with E-state index in [1.165, 1.54) is 48.7 Å². The number of halogens is 18. The third kappa shape index (κ3) is 30.3. The summed E-state index contributed by atoms with van der Waals surface area (Å²) in [6.45, 7) is 9.95. The normalized spacial score (nSPS) is 12.1. The largest absolute Gasteiger partial charge is 0.400 e. The van der Waals surface area contributed by atoms with Gasteiger partial charge in [-0.05, 0) is 82.3 Å². The Kier molecular flexibility index (Phi) is 40.6. The lowest BCUT2D eigenvalue weighted by atomic mass is 10.1. The van der Waals surface area contributed by atoms with Gasteiger partial charge in [0.1, 0.15) is 11.4 Å². The molecule has 1 aromatic heterocycles. The van der Waals surface area contributed by atoms with E-state index >= 15 is 0 Å². The Morgan fingerprint density at radius 3 is 1.27 bits per heavy atom. The first-order valence-corrected chi connectivity index (χ1v) is 26.5. The molecule has 504 valence electrons. The molecular weight excluding hydrogens is 1330 g/mol. The van der Waals surface area contributed by atoms with E-state index in [1.54, 1.807) is 55.3 Å². The zero-order valence-corrected chi connectivity index (χ0v) is 51.2. The first-order valence-electron chi connectivity index (χ1n) is 24.6. The van der Waals surface area contributed by atoms with Crippen LogP contribution in [-0.4, -0.2) is 91.5 Å². The number of fused-ring (bicyclic) bond motifs is 1. The smallest absolute Gasteiger partial charge is 0.346 e. The number of hydrogen-bond donors (Lipinski definition) is 0. The molecule has 0 saturated carbocycles. The fraction of sp³-hybridized carbons (Fsp3) is 0.404. The number of nitro benzene ring substituents is 2. The van der Waals surface area contributed by atoms with Crippen LogP contribution in [0.3, 0.4) is 0 Å². The number of benzene rings is 5. The summed E-state index contributed by atoms with van der Waals surface area (Å²) in [5.41, 5.74) is 3.00. The van der Waals surface area contributed by atoms with Gasteiger partial charge in [0.2, 0.25) is 17.7 Å². The number of hydrogen-bond acceptors (Lipinski definition) is 10. The molecule has 2 fully saturated rings. The van der Waals surface area contributed by atoms with E-state index in [9.17, 15) is 96.5 Å². The van der Waals surface area contributed by atoms with Crippen LogP contribution >= 0.6 is 58.0 Å². The highest BCUT2D eigenvalue weighted by Gasteiger charge is 2.53. The molecule has 15 nitrogen and oxygen atoms in total. The van der Waals surface area contributed by atoms with Crippen LogP contribution in [0.4, 0.5) is 68.5 Å². The van der Waals surface area contributed by atoms with Crippen molar-refractivity contribution in [2.45, 2.75) is 121 Å². The van der Waals surface area contributed by atoms with Crippen LogP contribution in [0.2, 0.25) is 25.1 Å². The highest BCUT2D eigenvalue weighted by molar-refractivity contribution is 6.55. The predicted molar refractivity (Wildman–Crippen MR) is 324 cm³/mol. The molecule has 90 heavy (non-hydrogen) atoms. The van der Waals surface area contributed by atoms with Crippen LogP contribution in [0.1, 0.15) is 96.0 Å². The minimum absolute atomic E-state index is 0. The molecule has 0 aliphatic carbocycles. The van der Waals surface area contributed by atoms with E-state index < -0.39 is 64.0 Å². The number of likely N-dealkylation sites (tertiary alicyclic amines) is 2. The number of carbonyl (C=O) groups is 3. The summed E-state index contributed by atoms with van der Waals surface area (Å²) in [6, 6.07) is 20.1. The quantitative estimate of drug-likeness (QED) is 0.0402. The van der Waals surface area contributed by atoms with E-state index in [0.29, 0.717) is 45.3 Å². The van der Waals surface area contributed by atoms with E-state index in [4.69, 9.17) is 58.0 Å². The molecule has 0 unspecified atom stereocenters. The minimum Gasteiger partial charge on any atom is -0.346 e. The van der Waals surface area contributed by atoms with Crippen LogP contribution in [0.25, 0.3) is 10.9 Å². The number of carbonyl (C=O) groups excluding carboxylic acids is 3. The van der Waals surface area contributed by atoms with E-state index in [0.717, 1.165) is 37.4 Å². The average Bonchev–Trinajstić information content (AvgIpc) is 1.12. The number of alkyl halides is 9. The third-order valence-electron chi connectivity index (χ3n) is 11.4. The lowest BCUT2D eigenvalue weighted by molar-refractivity contribution is -0.385. The van der Waals surface area contributed by atoms with Crippen molar-refractivity contribution < 1.29 is 81.3 Å². The fourth-order valence-electron chi connectivity index (χ4n) is 5.70. The Bertz CT molecular complexity index is 3070. The van der Waals surface area contributed by atoms with Crippen molar-refractivity contribution in [3.05, 3.63) is 180 Å². The fourth-order valence-corrected chi connectivity index (χ4v) is 6.94. The molecule has 3 heterocycles. The maximum Gasteiger partial charge on any atom is 0.400 e. The topological polar surface area (TPSA) is 192 Å². The highest BCUT2D eigenvalue weighted by Crippen LogP contribution is 2.43. The molecule has 8 rings (SSSR count). The molecule has 2 aliphatic heterocycles. The van der Waals surface area contributed by atoms with Gasteiger partial charge in [-0.25, -0.2) is 22.2 Å². The Morgan fingerprint density at radius 2 is 0.967 bits per heavy atom. The molecule has 0 bridgehead atoms. The molecule has 0 N–H and O–H groups in total. The summed E-state index contributed by atoms with van der Waals surface area (Å²) in [5.74, 6) is -9.23. The molecule has 5 aromatic carbocycles. The highest BCUT2D eigenvalue weighted by atomic mass is 35.5. The van der Waals surface area contributed by atoms with Crippen molar-refractivity contribution in [2.75, 3.05) is 20.6 Å². The van der Waals surface area contributed by atoms with Crippen LogP contribution in [-0.2, 0) is 21.4 Å². The van der Waals surface area contributed by atoms with Gasteiger partial charge >= 0.3 is 18.5 Å². The zero-order chi connectivity index (χ0) is 67.8.